The molecule has 0 spiro atoms. The highest BCUT2D eigenvalue weighted by molar-refractivity contribution is 6.01. The van der Waals surface area contributed by atoms with Crippen LogP contribution in [0.4, 0.5) is 23.4 Å². The van der Waals surface area contributed by atoms with Gasteiger partial charge in [0.15, 0.2) is 0 Å². The van der Waals surface area contributed by atoms with Crippen molar-refractivity contribution in [3.8, 4) is 22.4 Å². The molecule has 0 saturated carbocycles. The number of halogens is 4. The molecule has 2 heterocycles. The molecule has 32 heavy (non-hydrogen) atoms. The first kappa shape index (κ1) is 21.7. The number of rotatable bonds is 3. The summed E-state index contributed by atoms with van der Waals surface area (Å²) in [6.45, 7) is 0.968. The summed E-state index contributed by atoms with van der Waals surface area (Å²) in [5.74, 6) is -0.936. The predicted octanol–water partition coefficient (Wildman–Crippen LogP) is 5.18. The van der Waals surface area contributed by atoms with Gasteiger partial charge in [0.2, 0.25) is 0 Å². The van der Waals surface area contributed by atoms with Crippen molar-refractivity contribution in [3.05, 3.63) is 65.7 Å². The van der Waals surface area contributed by atoms with E-state index >= 15 is 0 Å². The molecule has 3 aromatic rings. The zero-order valence-corrected chi connectivity index (χ0v) is 17.0. The Balaban J connectivity index is 1.77. The molecule has 9 heteroatoms. The first-order chi connectivity index (χ1) is 15.2. The second-order valence-electron chi connectivity index (χ2n) is 7.63. The quantitative estimate of drug-likeness (QED) is 0.566. The number of nitrogens with two attached hydrogens (primary N) is 1. The minimum atomic E-state index is -4.60. The van der Waals surface area contributed by atoms with Crippen molar-refractivity contribution in [1.82, 2.24) is 14.9 Å². The fourth-order valence-electron chi connectivity index (χ4n) is 3.78. The average Bonchev–Trinajstić information content (AvgIpc) is 2.79. The number of benzene rings is 2. The number of carbonyl (C=O) groups is 1. The van der Waals surface area contributed by atoms with Crippen LogP contribution >= 0.6 is 0 Å². The van der Waals surface area contributed by atoms with Gasteiger partial charge in [0.25, 0.3) is 5.91 Å². The number of nitrogens with zero attached hydrogens (tertiary/aromatic N) is 3. The Bertz CT molecular complexity index is 1140. The molecule has 166 valence electrons. The molecule has 0 bridgehead atoms. The molecule has 0 atom stereocenters. The smallest absolute Gasteiger partial charge is 0.382 e. The van der Waals surface area contributed by atoms with Crippen LogP contribution in [0.3, 0.4) is 0 Å². The molecule has 0 aliphatic carbocycles. The highest BCUT2D eigenvalue weighted by atomic mass is 19.4. The number of hydrogen-bond acceptors (Lipinski definition) is 4. The van der Waals surface area contributed by atoms with Crippen molar-refractivity contribution >= 4 is 11.7 Å². The van der Waals surface area contributed by atoms with Crippen molar-refractivity contribution in [2.24, 2.45) is 0 Å². The Hall–Kier alpha value is -3.49. The maximum atomic E-state index is 14.9. The van der Waals surface area contributed by atoms with Crippen molar-refractivity contribution in [2.45, 2.75) is 25.4 Å². The minimum Gasteiger partial charge on any atom is -0.382 e. The molecule has 1 aromatic heterocycles. The van der Waals surface area contributed by atoms with Gasteiger partial charge in [-0.1, -0.05) is 12.1 Å². The number of carbonyl (C=O) groups excluding carboxylic acids is 1. The van der Waals surface area contributed by atoms with E-state index in [1.165, 1.54) is 30.6 Å². The van der Waals surface area contributed by atoms with E-state index in [1.54, 1.807) is 11.0 Å². The van der Waals surface area contributed by atoms with Gasteiger partial charge in [-0.05, 0) is 54.7 Å². The average molecular weight is 444 g/mol. The molecular formula is C23H20F4N4O. The van der Waals surface area contributed by atoms with Gasteiger partial charge in [-0.3, -0.25) is 9.78 Å². The molecule has 2 aromatic carbocycles. The summed E-state index contributed by atoms with van der Waals surface area (Å²) >= 11 is 0. The van der Waals surface area contributed by atoms with E-state index in [0.29, 0.717) is 18.7 Å². The number of alkyl halides is 3. The maximum Gasteiger partial charge on any atom is 0.416 e. The topological polar surface area (TPSA) is 72.1 Å². The lowest BCUT2D eigenvalue weighted by Crippen LogP contribution is -2.36. The van der Waals surface area contributed by atoms with Gasteiger partial charge >= 0.3 is 6.18 Å². The Labute approximate surface area is 181 Å². The summed E-state index contributed by atoms with van der Waals surface area (Å²) in [7, 11) is 0. The number of piperidine rings is 1. The second kappa shape index (κ2) is 8.57. The first-order valence-electron chi connectivity index (χ1n) is 10.1. The lowest BCUT2D eigenvalue weighted by Gasteiger charge is -2.28. The Morgan fingerprint density at radius 1 is 0.938 bits per heavy atom. The maximum absolute atomic E-state index is 14.9. The zero-order valence-electron chi connectivity index (χ0n) is 17.0. The molecule has 4 rings (SSSR count). The number of amides is 1. The highest BCUT2D eigenvalue weighted by Gasteiger charge is 2.33. The normalized spacial score (nSPS) is 14.4. The SMILES string of the molecule is Nc1cnc(-c2ccc(-c3ccc(C(F)(F)F)cc3C(=O)N3CCCCC3)cc2F)cn1. The Morgan fingerprint density at radius 3 is 2.28 bits per heavy atom. The van der Waals surface area contributed by atoms with Crippen LogP contribution in [-0.4, -0.2) is 33.9 Å². The summed E-state index contributed by atoms with van der Waals surface area (Å²) < 4.78 is 54.9. The van der Waals surface area contributed by atoms with Gasteiger partial charge in [0, 0.05) is 24.2 Å². The van der Waals surface area contributed by atoms with Crippen LogP contribution in [0.15, 0.2) is 48.8 Å². The summed E-state index contributed by atoms with van der Waals surface area (Å²) in [6, 6.07) is 7.16. The molecule has 1 fully saturated rings. The Morgan fingerprint density at radius 2 is 1.66 bits per heavy atom. The van der Waals surface area contributed by atoms with Gasteiger partial charge in [-0.2, -0.15) is 13.2 Å². The third-order valence-electron chi connectivity index (χ3n) is 5.45. The molecule has 5 nitrogen and oxygen atoms in total. The molecule has 1 saturated heterocycles. The molecule has 0 unspecified atom stereocenters. The van der Waals surface area contributed by atoms with Gasteiger partial charge in [-0.25, -0.2) is 9.37 Å². The summed E-state index contributed by atoms with van der Waals surface area (Å²) in [5, 5.41) is 0. The zero-order chi connectivity index (χ0) is 22.9. The van der Waals surface area contributed by atoms with Crippen molar-refractivity contribution in [3.63, 3.8) is 0 Å². The van der Waals surface area contributed by atoms with Crippen molar-refractivity contribution in [2.75, 3.05) is 18.8 Å². The monoisotopic (exact) mass is 444 g/mol. The fourth-order valence-corrected chi connectivity index (χ4v) is 3.78. The van der Waals surface area contributed by atoms with E-state index in [0.717, 1.165) is 31.4 Å². The number of nitrogen functional groups attached to an aromatic ring is 1. The van der Waals surface area contributed by atoms with Crippen molar-refractivity contribution < 1.29 is 22.4 Å². The van der Waals surface area contributed by atoms with Crippen LogP contribution in [0.25, 0.3) is 22.4 Å². The third-order valence-corrected chi connectivity index (χ3v) is 5.45. The van der Waals surface area contributed by atoms with Crippen LogP contribution in [0.5, 0.6) is 0 Å². The van der Waals surface area contributed by atoms with Crippen LogP contribution in [0, 0.1) is 5.82 Å². The van der Waals surface area contributed by atoms with E-state index < -0.39 is 23.5 Å². The van der Waals surface area contributed by atoms with Gasteiger partial charge < -0.3 is 10.6 Å². The van der Waals surface area contributed by atoms with Crippen LogP contribution in [0.2, 0.25) is 0 Å². The van der Waals surface area contributed by atoms with Gasteiger partial charge in [0.1, 0.15) is 11.6 Å². The molecule has 2 N–H and O–H groups in total. The fraction of sp³-hybridized carbons (Fsp3) is 0.261. The number of anilines is 1. The largest absolute Gasteiger partial charge is 0.416 e. The number of aromatic nitrogens is 2. The molecule has 1 amide bonds. The molecular weight excluding hydrogens is 424 g/mol. The van der Waals surface area contributed by atoms with E-state index in [9.17, 15) is 22.4 Å². The molecule has 0 radical (unpaired) electrons. The van der Waals surface area contributed by atoms with Crippen LogP contribution in [-0.2, 0) is 6.18 Å². The van der Waals surface area contributed by atoms with Crippen molar-refractivity contribution in [1.29, 1.82) is 0 Å². The van der Waals surface area contributed by atoms with E-state index in [1.807, 2.05) is 0 Å². The third kappa shape index (κ3) is 4.42. The predicted molar refractivity (Wildman–Crippen MR) is 112 cm³/mol. The van der Waals surface area contributed by atoms with Gasteiger partial charge in [0.05, 0.1) is 23.7 Å². The molecule has 1 aliphatic rings. The van der Waals surface area contributed by atoms with Crippen LogP contribution in [0.1, 0.15) is 35.2 Å². The summed E-state index contributed by atoms with van der Waals surface area (Å²) in [6.07, 6.45) is 0.598. The minimum absolute atomic E-state index is 0.0962. The van der Waals surface area contributed by atoms with Crippen LogP contribution < -0.4 is 5.73 Å². The number of hydrogen-bond donors (Lipinski definition) is 1. The highest BCUT2D eigenvalue weighted by Crippen LogP contribution is 2.35. The standard InChI is InChI=1S/C23H20F4N4O/c24-19-10-14(4-6-17(19)20-12-30-21(28)13-29-20)16-7-5-15(23(25,26)27)11-18(16)22(32)31-8-2-1-3-9-31/h4-7,10-13H,1-3,8-9H2,(H2,28,30). The summed E-state index contributed by atoms with van der Waals surface area (Å²) in [4.78, 5) is 22.6. The van der Waals surface area contributed by atoms with E-state index in [-0.39, 0.29) is 28.2 Å². The first-order valence-corrected chi connectivity index (χ1v) is 10.1. The lowest BCUT2D eigenvalue weighted by atomic mass is 9.94. The number of likely N-dealkylation sites (tertiary alicyclic amines) is 1. The Kier molecular flexibility index (Phi) is 5.82. The van der Waals surface area contributed by atoms with E-state index in [4.69, 9.17) is 5.73 Å². The summed E-state index contributed by atoms with van der Waals surface area (Å²) in [5.41, 5.74) is 5.45. The van der Waals surface area contributed by atoms with E-state index in [2.05, 4.69) is 9.97 Å². The van der Waals surface area contributed by atoms with Gasteiger partial charge in [-0.15, -0.1) is 0 Å². The second-order valence-corrected chi connectivity index (χ2v) is 7.63. The lowest BCUT2D eigenvalue weighted by molar-refractivity contribution is -0.137. The molecule has 1 aliphatic heterocycles.